The Bertz CT molecular complexity index is 806. The van der Waals surface area contributed by atoms with Crippen LogP contribution in [0.3, 0.4) is 0 Å². The van der Waals surface area contributed by atoms with Gasteiger partial charge in [-0.1, -0.05) is 12.2 Å². The molecule has 20 heavy (non-hydrogen) atoms. The highest BCUT2D eigenvalue weighted by Gasteiger charge is 2.29. The number of hydrogen-bond donors (Lipinski definition) is 2. The molecule has 1 amide bonds. The molecule has 0 fully saturated rings. The quantitative estimate of drug-likeness (QED) is 0.818. The number of fused-ring (bicyclic) bond motifs is 1. The highest BCUT2D eigenvalue weighted by atomic mass is 16.1. The molecule has 2 aromatic heterocycles. The van der Waals surface area contributed by atoms with Crippen molar-refractivity contribution in [3.05, 3.63) is 34.6 Å². The zero-order chi connectivity index (χ0) is 14.3. The van der Waals surface area contributed by atoms with Crippen LogP contribution in [0.15, 0.2) is 18.3 Å². The molecule has 0 radical (unpaired) electrons. The first-order chi connectivity index (χ1) is 9.49. The molecule has 1 aliphatic carbocycles. The Hall–Kier alpha value is -2.43. The van der Waals surface area contributed by atoms with E-state index in [1.165, 1.54) is 0 Å². The summed E-state index contributed by atoms with van der Waals surface area (Å²) in [7, 11) is 0. The monoisotopic (exact) mass is 268 g/mol. The maximum atomic E-state index is 11.6. The van der Waals surface area contributed by atoms with Gasteiger partial charge in [-0.2, -0.15) is 5.10 Å². The smallest absolute Gasteiger partial charge is 0.227 e. The van der Waals surface area contributed by atoms with E-state index in [9.17, 15) is 4.79 Å². The largest absolute Gasteiger partial charge is 0.369 e. The maximum absolute atomic E-state index is 11.6. The number of amides is 1. The number of carbonyl (C=O) groups is 1. The van der Waals surface area contributed by atoms with Crippen molar-refractivity contribution in [2.75, 3.05) is 0 Å². The number of hydrogen-bond acceptors (Lipinski definition) is 3. The normalized spacial score (nSPS) is 20.7. The third-order valence-corrected chi connectivity index (χ3v) is 3.76. The first-order valence-electron chi connectivity index (χ1n) is 6.50. The van der Waals surface area contributed by atoms with Gasteiger partial charge in [-0.15, -0.1) is 0 Å². The molecule has 5 heteroatoms. The fourth-order valence-electron chi connectivity index (χ4n) is 2.44. The van der Waals surface area contributed by atoms with E-state index >= 15 is 0 Å². The summed E-state index contributed by atoms with van der Waals surface area (Å²) in [6, 6.07) is 3.88. The molecule has 0 aromatic carbocycles. The summed E-state index contributed by atoms with van der Waals surface area (Å²) >= 11 is 0. The van der Waals surface area contributed by atoms with E-state index in [1.807, 2.05) is 38.1 Å². The topological polar surface area (TPSA) is 84.7 Å². The lowest BCUT2D eigenvalue weighted by Gasteiger charge is -2.21. The van der Waals surface area contributed by atoms with Crippen LogP contribution in [-0.4, -0.2) is 21.1 Å². The molecule has 102 valence electrons. The third-order valence-electron chi connectivity index (χ3n) is 3.76. The van der Waals surface area contributed by atoms with Crippen LogP contribution in [0.5, 0.6) is 0 Å². The van der Waals surface area contributed by atoms with Crippen molar-refractivity contribution in [2.24, 2.45) is 11.1 Å². The summed E-state index contributed by atoms with van der Waals surface area (Å²) in [5.74, 6) is -0.322. The second kappa shape index (κ2) is 4.30. The predicted molar refractivity (Wildman–Crippen MR) is 76.7 cm³/mol. The van der Waals surface area contributed by atoms with Gasteiger partial charge in [0.2, 0.25) is 5.91 Å². The molecule has 1 aliphatic rings. The van der Waals surface area contributed by atoms with E-state index in [1.54, 1.807) is 6.20 Å². The lowest BCUT2D eigenvalue weighted by molar-refractivity contribution is -0.123. The van der Waals surface area contributed by atoms with Crippen LogP contribution < -0.4 is 16.3 Å². The molecule has 3 N–H and O–H groups in total. The van der Waals surface area contributed by atoms with E-state index < -0.39 is 5.41 Å². The Morgan fingerprint density at radius 2 is 2.30 bits per heavy atom. The molecule has 0 aliphatic heterocycles. The van der Waals surface area contributed by atoms with Gasteiger partial charge in [0.25, 0.3) is 0 Å². The fourth-order valence-corrected chi connectivity index (χ4v) is 2.44. The van der Waals surface area contributed by atoms with Gasteiger partial charge in [-0.3, -0.25) is 14.9 Å². The van der Waals surface area contributed by atoms with Crippen LogP contribution in [0.4, 0.5) is 0 Å². The molecule has 0 saturated carbocycles. The average molecular weight is 268 g/mol. The van der Waals surface area contributed by atoms with Crippen molar-refractivity contribution >= 4 is 18.1 Å². The summed E-state index contributed by atoms with van der Waals surface area (Å²) in [6.45, 7) is 3.79. The van der Waals surface area contributed by atoms with E-state index in [-0.39, 0.29) is 5.91 Å². The van der Waals surface area contributed by atoms with Crippen LogP contribution in [-0.2, 0) is 4.79 Å². The van der Waals surface area contributed by atoms with Crippen LogP contribution in [0.1, 0.15) is 19.0 Å². The SMILES string of the molecule is Cc1cc(-c2n[nH]c3c2=CC(C)(C(N)=O)CC=3)ccn1. The van der Waals surface area contributed by atoms with Crippen LogP contribution in [0.25, 0.3) is 23.4 Å². The summed E-state index contributed by atoms with van der Waals surface area (Å²) < 4.78 is 0. The molecular weight excluding hydrogens is 252 g/mol. The van der Waals surface area contributed by atoms with Crippen LogP contribution in [0, 0.1) is 12.3 Å². The lowest BCUT2D eigenvalue weighted by Crippen LogP contribution is -2.40. The van der Waals surface area contributed by atoms with E-state index in [4.69, 9.17) is 5.73 Å². The zero-order valence-corrected chi connectivity index (χ0v) is 11.5. The van der Waals surface area contributed by atoms with Gasteiger partial charge >= 0.3 is 0 Å². The number of rotatable bonds is 2. The number of H-pyrrole nitrogens is 1. The highest BCUT2D eigenvalue weighted by molar-refractivity contribution is 5.88. The van der Waals surface area contributed by atoms with Gasteiger partial charge in [0.1, 0.15) is 0 Å². The minimum atomic E-state index is -0.659. The number of aromatic nitrogens is 3. The fraction of sp³-hybridized carbons (Fsp3) is 0.267. The molecule has 5 nitrogen and oxygen atoms in total. The summed E-state index contributed by atoms with van der Waals surface area (Å²) in [5.41, 5.74) is 7.59. The lowest BCUT2D eigenvalue weighted by atomic mass is 9.82. The third kappa shape index (κ3) is 1.91. The van der Waals surface area contributed by atoms with Gasteiger partial charge in [-0.05, 0) is 32.4 Å². The molecule has 0 spiro atoms. The van der Waals surface area contributed by atoms with E-state index in [0.29, 0.717) is 6.42 Å². The molecule has 0 bridgehead atoms. The number of carbonyl (C=O) groups excluding carboxylic acids is 1. The Balaban J connectivity index is 2.24. The molecule has 3 rings (SSSR count). The second-order valence-electron chi connectivity index (χ2n) is 5.42. The summed E-state index contributed by atoms with van der Waals surface area (Å²) in [4.78, 5) is 15.8. The summed E-state index contributed by atoms with van der Waals surface area (Å²) in [6.07, 6.45) is 6.24. The predicted octanol–water partition coefficient (Wildman–Crippen LogP) is 0.236. The van der Waals surface area contributed by atoms with Crippen molar-refractivity contribution < 1.29 is 4.79 Å². The highest BCUT2D eigenvalue weighted by Crippen LogP contribution is 2.25. The molecule has 1 atom stereocenters. The van der Waals surface area contributed by atoms with Crippen molar-refractivity contribution in [1.82, 2.24) is 15.2 Å². The molecule has 1 unspecified atom stereocenters. The number of aryl methyl sites for hydroxylation is 1. The van der Waals surface area contributed by atoms with E-state index in [0.717, 1.165) is 27.5 Å². The number of pyridine rings is 1. The number of nitrogens with zero attached hydrogens (tertiary/aromatic N) is 2. The standard InChI is InChI=1S/C15H16N4O/c1-9-7-10(4-6-17-9)13-11-8-15(2,14(16)20)5-3-12(11)18-19-13/h3-4,6-8,18H,5H2,1-2H3,(H2,16,20). The van der Waals surface area contributed by atoms with Gasteiger partial charge in [0, 0.05) is 22.7 Å². The molecule has 2 aromatic rings. The molecule has 0 saturated heterocycles. The number of nitrogens with one attached hydrogen (secondary N) is 1. The Morgan fingerprint density at radius 3 is 3.00 bits per heavy atom. The first-order valence-corrected chi connectivity index (χ1v) is 6.50. The van der Waals surface area contributed by atoms with Crippen molar-refractivity contribution in [3.63, 3.8) is 0 Å². The minimum absolute atomic E-state index is 0.322. The Morgan fingerprint density at radius 1 is 1.50 bits per heavy atom. The van der Waals surface area contributed by atoms with Crippen molar-refractivity contribution in [1.29, 1.82) is 0 Å². The number of primary amides is 1. The van der Waals surface area contributed by atoms with Gasteiger partial charge in [-0.25, -0.2) is 0 Å². The van der Waals surface area contributed by atoms with Gasteiger partial charge in [0.15, 0.2) is 0 Å². The molecule has 2 heterocycles. The van der Waals surface area contributed by atoms with Crippen molar-refractivity contribution in [2.45, 2.75) is 20.3 Å². The van der Waals surface area contributed by atoms with Crippen LogP contribution >= 0.6 is 0 Å². The summed E-state index contributed by atoms with van der Waals surface area (Å²) in [5, 5.41) is 9.25. The Labute approximate surface area is 116 Å². The average Bonchev–Trinajstić information content (AvgIpc) is 2.81. The van der Waals surface area contributed by atoms with Gasteiger partial charge in [0.05, 0.1) is 16.5 Å². The molecular formula is C15H16N4O. The number of nitrogens with two attached hydrogens (primary N) is 1. The minimum Gasteiger partial charge on any atom is -0.369 e. The van der Waals surface area contributed by atoms with Crippen LogP contribution in [0.2, 0.25) is 0 Å². The number of aromatic amines is 1. The first kappa shape index (κ1) is 12.6. The van der Waals surface area contributed by atoms with E-state index in [2.05, 4.69) is 15.2 Å². The Kier molecular flexibility index (Phi) is 2.71. The van der Waals surface area contributed by atoms with Gasteiger partial charge < -0.3 is 5.73 Å². The second-order valence-corrected chi connectivity index (χ2v) is 5.42. The maximum Gasteiger partial charge on any atom is 0.227 e. The zero-order valence-electron chi connectivity index (χ0n) is 11.5. The van der Waals surface area contributed by atoms with Crippen molar-refractivity contribution in [3.8, 4) is 11.3 Å².